The molecule has 1 aromatic carbocycles. The molecule has 2 aliphatic rings. The number of nitriles is 1. The number of fused-ring (bicyclic) bond motifs is 1. The Bertz CT molecular complexity index is 758. The third-order valence-electron chi connectivity index (χ3n) is 3.85. The van der Waals surface area contributed by atoms with Gasteiger partial charge in [-0.05, 0) is 24.6 Å². The zero-order valence-corrected chi connectivity index (χ0v) is 15.9. The summed E-state index contributed by atoms with van der Waals surface area (Å²) in [6.07, 6.45) is 1.76. The van der Waals surface area contributed by atoms with Crippen molar-refractivity contribution in [2.45, 2.75) is 31.0 Å². The Morgan fingerprint density at radius 2 is 2.31 bits per heavy atom. The van der Waals surface area contributed by atoms with Crippen LogP contribution >= 0.6 is 23.4 Å². The number of nitrogens with zero attached hydrogens (tertiary/aromatic N) is 2. The Balaban J connectivity index is 1.77. The molecule has 3 rings (SSSR count). The second-order valence-electron chi connectivity index (χ2n) is 5.78. The Labute approximate surface area is 161 Å². The van der Waals surface area contributed by atoms with E-state index in [1.165, 1.54) is 11.8 Å². The maximum atomic E-state index is 12.4. The molecule has 2 aliphatic heterocycles. The van der Waals surface area contributed by atoms with E-state index in [9.17, 15) is 10.1 Å². The topological polar surface area (TPSA) is 75.1 Å². The highest BCUT2D eigenvalue weighted by atomic mass is 35.5. The molecule has 26 heavy (non-hydrogen) atoms. The third-order valence-corrected chi connectivity index (χ3v) is 5.25. The minimum absolute atomic E-state index is 0.00102. The van der Waals surface area contributed by atoms with Gasteiger partial charge in [0, 0.05) is 16.5 Å². The SMILES string of the molecule is CCCCN1/C(=C(\C#N)C(=O)OCCOC2CO2)Sc2cc(Cl)ccc21. The van der Waals surface area contributed by atoms with Crippen molar-refractivity contribution in [1.82, 2.24) is 0 Å². The van der Waals surface area contributed by atoms with E-state index < -0.39 is 5.97 Å². The number of rotatable bonds is 8. The second-order valence-corrected chi connectivity index (χ2v) is 7.25. The van der Waals surface area contributed by atoms with Crippen LogP contribution in [-0.4, -0.2) is 38.6 Å². The first-order valence-corrected chi connectivity index (χ1v) is 9.63. The standard InChI is InChI=1S/C18H19ClN2O4S/c1-2-3-6-21-14-5-4-12(19)9-15(14)26-17(21)13(10-20)18(22)24-8-7-23-16-11-25-16/h4-5,9,16H,2-3,6-8,11H2,1H3/b17-13-. The summed E-state index contributed by atoms with van der Waals surface area (Å²) in [5.41, 5.74) is 0.957. The number of hydrogen-bond acceptors (Lipinski definition) is 7. The largest absolute Gasteiger partial charge is 0.459 e. The lowest BCUT2D eigenvalue weighted by molar-refractivity contribution is -0.140. The molecule has 0 radical (unpaired) electrons. The fourth-order valence-electron chi connectivity index (χ4n) is 2.49. The van der Waals surface area contributed by atoms with Crippen LogP contribution in [0.1, 0.15) is 19.8 Å². The zero-order valence-electron chi connectivity index (χ0n) is 14.4. The van der Waals surface area contributed by atoms with Gasteiger partial charge in [-0.15, -0.1) is 0 Å². The van der Waals surface area contributed by atoms with Gasteiger partial charge in [0.2, 0.25) is 0 Å². The van der Waals surface area contributed by atoms with Crippen LogP contribution in [0.3, 0.4) is 0 Å². The predicted molar refractivity (Wildman–Crippen MR) is 98.9 cm³/mol. The van der Waals surface area contributed by atoms with E-state index in [0.717, 1.165) is 23.4 Å². The number of esters is 1. The third kappa shape index (κ3) is 4.51. The molecule has 1 unspecified atom stereocenters. The lowest BCUT2D eigenvalue weighted by atomic mass is 10.2. The van der Waals surface area contributed by atoms with Gasteiger partial charge < -0.3 is 19.1 Å². The number of ether oxygens (including phenoxy) is 3. The number of thioether (sulfide) groups is 1. The molecule has 1 atom stereocenters. The molecule has 1 saturated heterocycles. The van der Waals surface area contributed by atoms with Gasteiger partial charge in [-0.3, -0.25) is 0 Å². The second kappa shape index (κ2) is 8.78. The van der Waals surface area contributed by atoms with Crippen molar-refractivity contribution < 1.29 is 19.0 Å². The van der Waals surface area contributed by atoms with Gasteiger partial charge in [0.25, 0.3) is 0 Å². The molecule has 0 amide bonds. The van der Waals surface area contributed by atoms with Crippen LogP contribution in [0.15, 0.2) is 33.7 Å². The molecular formula is C18H19ClN2O4S. The minimum atomic E-state index is -0.643. The maximum Gasteiger partial charge on any atom is 0.351 e. The number of carbonyl (C=O) groups excluding carboxylic acids is 1. The first-order valence-electron chi connectivity index (χ1n) is 8.43. The van der Waals surface area contributed by atoms with Gasteiger partial charge in [-0.25, -0.2) is 4.79 Å². The molecule has 0 saturated carbocycles. The van der Waals surface area contributed by atoms with E-state index in [-0.39, 0.29) is 25.1 Å². The van der Waals surface area contributed by atoms with Gasteiger partial charge in [0.05, 0.1) is 12.3 Å². The Morgan fingerprint density at radius 1 is 1.50 bits per heavy atom. The molecule has 0 N–H and O–H groups in total. The first-order chi connectivity index (χ1) is 12.6. The van der Waals surface area contributed by atoms with Crippen molar-refractivity contribution in [2.24, 2.45) is 0 Å². The summed E-state index contributed by atoms with van der Waals surface area (Å²) < 4.78 is 15.4. The van der Waals surface area contributed by atoms with Crippen LogP contribution in [0.4, 0.5) is 5.69 Å². The number of carbonyl (C=O) groups is 1. The highest BCUT2D eigenvalue weighted by molar-refractivity contribution is 8.03. The minimum Gasteiger partial charge on any atom is -0.459 e. The van der Waals surface area contributed by atoms with E-state index in [2.05, 4.69) is 6.92 Å². The average molecular weight is 395 g/mol. The monoisotopic (exact) mass is 394 g/mol. The quantitative estimate of drug-likeness (QED) is 0.219. The summed E-state index contributed by atoms with van der Waals surface area (Å²) in [7, 11) is 0. The number of halogens is 1. The molecule has 0 bridgehead atoms. The molecule has 8 heteroatoms. The Morgan fingerprint density at radius 3 is 3.00 bits per heavy atom. The fraction of sp³-hybridized carbons (Fsp3) is 0.444. The highest BCUT2D eigenvalue weighted by Crippen LogP contribution is 2.48. The molecule has 0 spiro atoms. The van der Waals surface area contributed by atoms with E-state index in [1.54, 1.807) is 0 Å². The van der Waals surface area contributed by atoms with Gasteiger partial charge in [0.15, 0.2) is 11.9 Å². The zero-order chi connectivity index (χ0) is 18.5. The lowest BCUT2D eigenvalue weighted by Gasteiger charge is -2.21. The van der Waals surface area contributed by atoms with Crippen molar-refractivity contribution in [1.29, 1.82) is 5.26 Å². The number of epoxide rings is 1. The molecular weight excluding hydrogens is 376 g/mol. The van der Waals surface area contributed by atoms with Crippen molar-refractivity contribution in [3.63, 3.8) is 0 Å². The van der Waals surface area contributed by atoms with Crippen LogP contribution in [0, 0.1) is 11.3 Å². The summed E-state index contributed by atoms with van der Waals surface area (Å²) in [5, 5.41) is 10.8. The predicted octanol–water partition coefficient (Wildman–Crippen LogP) is 3.70. The number of hydrogen-bond donors (Lipinski definition) is 0. The fourth-order valence-corrected chi connectivity index (χ4v) is 3.93. The van der Waals surface area contributed by atoms with Crippen molar-refractivity contribution in [2.75, 3.05) is 31.3 Å². The molecule has 1 fully saturated rings. The average Bonchev–Trinajstić information content (AvgIpc) is 3.39. The highest BCUT2D eigenvalue weighted by Gasteiger charge is 2.31. The lowest BCUT2D eigenvalue weighted by Crippen LogP contribution is -2.23. The number of unbranched alkanes of at least 4 members (excludes halogenated alkanes) is 1. The summed E-state index contributed by atoms with van der Waals surface area (Å²) >= 11 is 7.46. The van der Waals surface area contributed by atoms with Gasteiger partial charge in [-0.1, -0.05) is 36.7 Å². The molecule has 1 aromatic rings. The summed E-state index contributed by atoms with van der Waals surface area (Å²) in [6.45, 7) is 3.71. The van der Waals surface area contributed by atoms with Crippen molar-refractivity contribution in [3.05, 3.63) is 33.8 Å². The van der Waals surface area contributed by atoms with Gasteiger partial charge in [-0.2, -0.15) is 5.26 Å². The number of anilines is 1. The molecule has 6 nitrogen and oxygen atoms in total. The first kappa shape index (κ1) is 19.1. The number of benzene rings is 1. The van der Waals surface area contributed by atoms with Gasteiger partial charge >= 0.3 is 5.97 Å². The van der Waals surface area contributed by atoms with E-state index >= 15 is 0 Å². The van der Waals surface area contributed by atoms with Crippen LogP contribution < -0.4 is 4.90 Å². The molecule has 2 heterocycles. The van der Waals surface area contributed by atoms with E-state index in [4.69, 9.17) is 25.8 Å². The van der Waals surface area contributed by atoms with E-state index in [0.29, 0.717) is 23.2 Å². The molecule has 0 aliphatic carbocycles. The van der Waals surface area contributed by atoms with Crippen LogP contribution in [0.5, 0.6) is 0 Å². The molecule has 138 valence electrons. The summed E-state index contributed by atoms with van der Waals surface area (Å²) in [4.78, 5) is 15.3. The van der Waals surface area contributed by atoms with Crippen LogP contribution in [0.2, 0.25) is 5.02 Å². The summed E-state index contributed by atoms with van der Waals surface area (Å²) in [6, 6.07) is 7.57. The van der Waals surface area contributed by atoms with Crippen molar-refractivity contribution in [3.8, 4) is 6.07 Å². The van der Waals surface area contributed by atoms with E-state index in [1.807, 2.05) is 29.2 Å². The summed E-state index contributed by atoms with van der Waals surface area (Å²) in [5.74, 6) is -0.643. The van der Waals surface area contributed by atoms with Crippen molar-refractivity contribution >= 4 is 35.0 Å². The van der Waals surface area contributed by atoms with Crippen LogP contribution in [-0.2, 0) is 19.0 Å². The maximum absolute atomic E-state index is 12.4. The Hall–Kier alpha value is -1.72. The normalized spacial score (nSPS) is 19.7. The van der Waals surface area contributed by atoms with Crippen LogP contribution in [0.25, 0.3) is 0 Å². The smallest absolute Gasteiger partial charge is 0.351 e. The Kier molecular flexibility index (Phi) is 6.43. The molecule has 0 aromatic heterocycles. The van der Waals surface area contributed by atoms with Gasteiger partial charge in [0.1, 0.15) is 24.3 Å².